The van der Waals surface area contributed by atoms with Crippen molar-refractivity contribution in [1.82, 2.24) is 14.9 Å². The molecule has 1 unspecified atom stereocenters. The number of imidazole rings is 1. The van der Waals surface area contributed by atoms with Crippen molar-refractivity contribution >= 4 is 5.91 Å². The Bertz CT molecular complexity index is 763. The predicted octanol–water partition coefficient (Wildman–Crippen LogP) is 2.67. The number of carbonyl (C=O) groups is 1. The van der Waals surface area contributed by atoms with E-state index in [4.69, 9.17) is 4.42 Å². The first-order valence-corrected chi connectivity index (χ1v) is 6.71. The third-order valence-corrected chi connectivity index (χ3v) is 3.38. The molecule has 2 heterocycles. The molecular weight excluding hydrogens is 285 g/mol. The molecule has 5 nitrogen and oxygen atoms in total. The molecule has 0 spiro atoms. The highest BCUT2D eigenvalue weighted by molar-refractivity contribution is 5.94. The maximum absolute atomic E-state index is 13.1. The van der Waals surface area contributed by atoms with E-state index >= 15 is 0 Å². The second-order valence-corrected chi connectivity index (χ2v) is 4.87. The number of amides is 1. The van der Waals surface area contributed by atoms with E-state index in [2.05, 4.69) is 10.3 Å². The topological polar surface area (TPSA) is 60.1 Å². The number of carbonyl (C=O) groups excluding carboxylic acids is 1. The number of hydrogen-bond donors (Lipinski definition) is 1. The fourth-order valence-corrected chi connectivity index (χ4v) is 2.22. The Morgan fingerprint density at radius 1 is 1.32 bits per heavy atom. The molecule has 2 aromatic heterocycles. The molecule has 3 rings (SSSR count). The minimum absolute atomic E-state index is 0.286. The highest BCUT2D eigenvalue weighted by Gasteiger charge is 2.21. The van der Waals surface area contributed by atoms with Gasteiger partial charge in [0.25, 0.3) is 5.91 Å². The van der Waals surface area contributed by atoms with Gasteiger partial charge in [-0.1, -0.05) is 12.1 Å². The van der Waals surface area contributed by atoms with Gasteiger partial charge in [0.05, 0.1) is 11.8 Å². The summed E-state index contributed by atoms with van der Waals surface area (Å²) in [6, 6.07) is 7.07. The third kappa shape index (κ3) is 2.76. The van der Waals surface area contributed by atoms with Crippen LogP contribution in [-0.2, 0) is 7.05 Å². The van der Waals surface area contributed by atoms with E-state index in [1.54, 1.807) is 30.6 Å². The fraction of sp³-hybridized carbons (Fsp3) is 0.125. The minimum Gasteiger partial charge on any atom is -0.472 e. The van der Waals surface area contributed by atoms with E-state index in [1.807, 2.05) is 11.6 Å². The second kappa shape index (κ2) is 5.85. The van der Waals surface area contributed by atoms with Crippen LogP contribution in [0.25, 0.3) is 0 Å². The molecule has 1 N–H and O–H groups in total. The van der Waals surface area contributed by atoms with Crippen LogP contribution in [0.4, 0.5) is 4.39 Å². The fourth-order valence-electron chi connectivity index (χ4n) is 2.22. The average molecular weight is 299 g/mol. The molecule has 0 bridgehead atoms. The number of rotatable bonds is 4. The van der Waals surface area contributed by atoms with E-state index in [0.717, 1.165) is 5.56 Å². The molecular formula is C16H14FN3O2. The standard InChI is InChI=1S/C16H14FN3O2/c1-20-8-7-18-15(20)14(11-2-4-13(17)5-3-11)19-16(21)12-6-9-22-10-12/h2-10,14H,1H3,(H,19,21). The van der Waals surface area contributed by atoms with Crippen molar-refractivity contribution in [2.45, 2.75) is 6.04 Å². The molecule has 0 saturated heterocycles. The van der Waals surface area contributed by atoms with Gasteiger partial charge in [-0.2, -0.15) is 0 Å². The van der Waals surface area contributed by atoms with Crippen LogP contribution in [0.1, 0.15) is 27.8 Å². The van der Waals surface area contributed by atoms with Crippen LogP contribution < -0.4 is 5.32 Å². The van der Waals surface area contributed by atoms with Gasteiger partial charge < -0.3 is 14.3 Å². The summed E-state index contributed by atoms with van der Waals surface area (Å²) in [5.41, 5.74) is 1.16. The van der Waals surface area contributed by atoms with Gasteiger partial charge in [0.1, 0.15) is 23.9 Å². The lowest BCUT2D eigenvalue weighted by molar-refractivity contribution is 0.0940. The zero-order chi connectivity index (χ0) is 15.5. The van der Waals surface area contributed by atoms with Crippen molar-refractivity contribution in [2.24, 2.45) is 7.05 Å². The third-order valence-electron chi connectivity index (χ3n) is 3.38. The Morgan fingerprint density at radius 2 is 2.09 bits per heavy atom. The Morgan fingerprint density at radius 3 is 2.68 bits per heavy atom. The van der Waals surface area contributed by atoms with Crippen LogP contribution in [0.15, 0.2) is 59.7 Å². The van der Waals surface area contributed by atoms with Crippen LogP contribution in [-0.4, -0.2) is 15.5 Å². The molecule has 22 heavy (non-hydrogen) atoms. The summed E-state index contributed by atoms with van der Waals surface area (Å²) in [6.07, 6.45) is 6.24. The number of halogens is 1. The summed E-state index contributed by atoms with van der Waals surface area (Å²) in [7, 11) is 1.84. The highest BCUT2D eigenvalue weighted by atomic mass is 19.1. The zero-order valence-corrected chi connectivity index (χ0v) is 11.9. The number of nitrogens with zero attached hydrogens (tertiary/aromatic N) is 2. The van der Waals surface area contributed by atoms with Crippen molar-refractivity contribution in [3.63, 3.8) is 0 Å². The van der Waals surface area contributed by atoms with Gasteiger partial charge in [0.2, 0.25) is 0 Å². The van der Waals surface area contributed by atoms with Gasteiger partial charge in [-0.3, -0.25) is 4.79 Å². The van der Waals surface area contributed by atoms with E-state index in [0.29, 0.717) is 11.4 Å². The molecule has 6 heteroatoms. The van der Waals surface area contributed by atoms with Crippen LogP contribution in [0.2, 0.25) is 0 Å². The van der Waals surface area contributed by atoms with Crippen molar-refractivity contribution in [3.8, 4) is 0 Å². The summed E-state index contributed by atoms with van der Waals surface area (Å²) in [4.78, 5) is 16.6. The molecule has 0 saturated carbocycles. The van der Waals surface area contributed by atoms with Crippen LogP contribution in [0.3, 0.4) is 0 Å². The SMILES string of the molecule is Cn1ccnc1C(NC(=O)c1ccoc1)c1ccc(F)cc1. The van der Waals surface area contributed by atoms with Gasteiger partial charge in [0.15, 0.2) is 0 Å². The first kappa shape index (κ1) is 14.1. The highest BCUT2D eigenvalue weighted by Crippen LogP contribution is 2.21. The molecule has 112 valence electrons. The number of benzene rings is 1. The smallest absolute Gasteiger partial charge is 0.255 e. The molecule has 1 aromatic carbocycles. The normalized spacial score (nSPS) is 12.1. The van der Waals surface area contributed by atoms with Crippen molar-refractivity contribution in [1.29, 1.82) is 0 Å². The predicted molar refractivity (Wildman–Crippen MR) is 77.6 cm³/mol. The van der Waals surface area contributed by atoms with E-state index in [-0.39, 0.29) is 11.7 Å². The lowest BCUT2D eigenvalue weighted by Crippen LogP contribution is -2.30. The molecule has 0 aliphatic heterocycles. The second-order valence-electron chi connectivity index (χ2n) is 4.87. The summed E-state index contributed by atoms with van der Waals surface area (Å²) < 4.78 is 19.9. The maximum Gasteiger partial charge on any atom is 0.255 e. The number of hydrogen-bond acceptors (Lipinski definition) is 3. The molecule has 0 aliphatic rings. The Balaban J connectivity index is 1.95. The van der Waals surface area contributed by atoms with Crippen molar-refractivity contribution in [3.05, 3.63) is 78.0 Å². The Kier molecular flexibility index (Phi) is 3.74. The molecule has 1 atom stereocenters. The van der Waals surface area contributed by atoms with Gasteiger partial charge >= 0.3 is 0 Å². The molecule has 0 fully saturated rings. The van der Waals surface area contributed by atoms with Gasteiger partial charge in [0, 0.05) is 19.4 Å². The van der Waals surface area contributed by atoms with Crippen LogP contribution >= 0.6 is 0 Å². The largest absolute Gasteiger partial charge is 0.472 e. The first-order valence-electron chi connectivity index (χ1n) is 6.71. The van der Waals surface area contributed by atoms with E-state index < -0.39 is 6.04 Å². The maximum atomic E-state index is 13.1. The average Bonchev–Trinajstić information content (AvgIpc) is 3.17. The van der Waals surface area contributed by atoms with Crippen molar-refractivity contribution < 1.29 is 13.6 Å². The molecule has 1 amide bonds. The minimum atomic E-state index is -0.483. The Hall–Kier alpha value is -2.89. The zero-order valence-electron chi connectivity index (χ0n) is 11.9. The summed E-state index contributed by atoms with van der Waals surface area (Å²) in [5.74, 6) is 0.0398. The Labute approximate surface area is 126 Å². The number of aryl methyl sites for hydroxylation is 1. The van der Waals surface area contributed by atoms with Gasteiger partial charge in [-0.15, -0.1) is 0 Å². The van der Waals surface area contributed by atoms with Crippen molar-refractivity contribution in [2.75, 3.05) is 0 Å². The van der Waals surface area contributed by atoms with E-state index in [9.17, 15) is 9.18 Å². The lowest BCUT2D eigenvalue weighted by Gasteiger charge is -2.18. The quantitative estimate of drug-likeness (QED) is 0.805. The number of nitrogens with one attached hydrogen (secondary N) is 1. The monoisotopic (exact) mass is 299 g/mol. The van der Waals surface area contributed by atoms with Gasteiger partial charge in [-0.25, -0.2) is 9.37 Å². The number of aromatic nitrogens is 2. The van der Waals surface area contributed by atoms with Gasteiger partial charge in [-0.05, 0) is 23.8 Å². The number of furan rings is 1. The molecule has 0 aliphatic carbocycles. The summed E-state index contributed by atoms with van der Waals surface area (Å²) in [5, 5.41) is 2.89. The molecule has 3 aromatic rings. The van der Waals surface area contributed by atoms with Crippen LogP contribution in [0.5, 0.6) is 0 Å². The first-order chi connectivity index (χ1) is 10.6. The summed E-state index contributed by atoms with van der Waals surface area (Å²) >= 11 is 0. The lowest BCUT2D eigenvalue weighted by atomic mass is 10.1. The van der Waals surface area contributed by atoms with Crippen LogP contribution in [0, 0.1) is 5.82 Å². The summed E-state index contributed by atoms with van der Waals surface area (Å²) in [6.45, 7) is 0. The molecule has 0 radical (unpaired) electrons. The van der Waals surface area contributed by atoms with E-state index in [1.165, 1.54) is 24.7 Å².